The highest BCUT2D eigenvalue weighted by Gasteiger charge is 2.11. The molecule has 1 aromatic heterocycles. The summed E-state index contributed by atoms with van der Waals surface area (Å²) in [6.45, 7) is 0. The zero-order valence-electron chi connectivity index (χ0n) is 8.77. The van der Waals surface area contributed by atoms with Gasteiger partial charge in [-0.1, -0.05) is 0 Å². The first-order chi connectivity index (χ1) is 8.20. The predicted octanol–water partition coefficient (Wildman–Crippen LogP) is 1.22. The molecule has 88 valence electrons. The van der Waals surface area contributed by atoms with Gasteiger partial charge >= 0.3 is 0 Å². The molecule has 0 radical (unpaired) electrons. The SMILES string of the molecule is COc1ccc(NC(=O)c2nn[nH]n2)cc1Br. The Bertz CT molecular complexity index is 528. The van der Waals surface area contributed by atoms with Crippen LogP contribution in [0.15, 0.2) is 22.7 Å². The van der Waals surface area contributed by atoms with E-state index >= 15 is 0 Å². The van der Waals surface area contributed by atoms with Crippen molar-refractivity contribution in [3.63, 3.8) is 0 Å². The normalized spacial score (nSPS) is 10.0. The Morgan fingerprint density at radius 3 is 2.94 bits per heavy atom. The molecule has 1 heterocycles. The van der Waals surface area contributed by atoms with Gasteiger partial charge in [-0.05, 0) is 39.3 Å². The van der Waals surface area contributed by atoms with Crippen LogP contribution in [0.3, 0.4) is 0 Å². The largest absolute Gasteiger partial charge is 0.496 e. The van der Waals surface area contributed by atoms with Gasteiger partial charge in [0, 0.05) is 5.69 Å². The Morgan fingerprint density at radius 2 is 2.35 bits per heavy atom. The maximum Gasteiger partial charge on any atom is 0.297 e. The average molecular weight is 298 g/mol. The topological polar surface area (TPSA) is 92.8 Å². The van der Waals surface area contributed by atoms with E-state index < -0.39 is 5.91 Å². The van der Waals surface area contributed by atoms with Crippen molar-refractivity contribution < 1.29 is 9.53 Å². The van der Waals surface area contributed by atoms with Crippen molar-refractivity contribution in [3.05, 3.63) is 28.5 Å². The summed E-state index contributed by atoms with van der Waals surface area (Å²) in [5.74, 6) is 0.232. The highest BCUT2D eigenvalue weighted by molar-refractivity contribution is 9.10. The number of carbonyl (C=O) groups excluding carboxylic acids is 1. The summed E-state index contributed by atoms with van der Waals surface area (Å²) in [5, 5.41) is 15.3. The second-order valence-electron chi connectivity index (χ2n) is 3.04. The second kappa shape index (κ2) is 4.91. The monoisotopic (exact) mass is 297 g/mol. The first-order valence-electron chi connectivity index (χ1n) is 4.59. The Balaban J connectivity index is 2.14. The van der Waals surface area contributed by atoms with Crippen LogP contribution in [-0.4, -0.2) is 33.6 Å². The van der Waals surface area contributed by atoms with Gasteiger partial charge in [-0.2, -0.15) is 5.21 Å². The van der Waals surface area contributed by atoms with Crippen LogP contribution in [0.2, 0.25) is 0 Å². The number of aromatic nitrogens is 4. The van der Waals surface area contributed by atoms with Crippen LogP contribution in [0.4, 0.5) is 5.69 Å². The zero-order valence-corrected chi connectivity index (χ0v) is 10.4. The van der Waals surface area contributed by atoms with Crippen molar-refractivity contribution in [2.24, 2.45) is 0 Å². The Hall–Kier alpha value is -1.96. The van der Waals surface area contributed by atoms with Crippen molar-refractivity contribution in [2.45, 2.75) is 0 Å². The molecule has 0 saturated carbocycles. The summed E-state index contributed by atoms with van der Waals surface area (Å²) in [6.07, 6.45) is 0. The van der Waals surface area contributed by atoms with Crippen LogP contribution in [0.25, 0.3) is 0 Å². The fourth-order valence-electron chi connectivity index (χ4n) is 1.19. The molecule has 17 heavy (non-hydrogen) atoms. The molecule has 0 aliphatic rings. The molecule has 0 fully saturated rings. The predicted molar refractivity (Wildman–Crippen MR) is 62.8 cm³/mol. The van der Waals surface area contributed by atoms with Crippen molar-refractivity contribution in [1.82, 2.24) is 20.6 Å². The number of aromatic amines is 1. The van der Waals surface area contributed by atoms with E-state index in [0.717, 1.165) is 4.47 Å². The van der Waals surface area contributed by atoms with Gasteiger partial charge in [0.2, 0.25) is 0 Å². The summed E-state index contributed by atoms with van der Waals surface area (Å²) < 4.78 is 5.82. The summed E-state index contributed by atoms with van der Waals surface area (Å²) in [6, 6.07) is 5.16. The minimum Gasteiger partial charge on any atom is -0.496 e. The smallest absolute Gasteiger partial charge is 0.297 e. The van der Waals surface area contributed by atoms with Crippen LogP contribution in [-0.2, 0) is 0 Å². The molecule has 0 bridgehead atoms. The number of nitrogens with zero attached hydrogens (tertiary/aromatic N) is 3. The number of hydrogen-bond acceptors (Lipinski definition) is 5. The van der Waals surface area contributed by atoms with Gasteiger partial charge in [0.25, 0.3) is 11.7 Å². The molecule has 2 rings (SSSR count). The fraction of sp³-hybridized carbons (Fsp3) is 0.111. The van der Waals surface area contributed by atoms with Gasteiger partial charge in [0.1, 0.15) is 5.75 Å². The number of amides is 1. The van der Waals surface area contributed by atoms with Crippen LogP contribution >= 0.6 is 15.9 Å². The lowest BCUT2D eigenvalue weighted by Gasteiger charge is -2.06. The van der Waals surface area contributed by atoms with E-state index in [9.17, 15) is 4.79 Å². The number of tetrazole rings is 1. The first kappa shape index (κ1) is 11.5. The number of carbonyl (C=O) groups is 1. The molecule has 0 unspecified atom stereocenters. The third-order valence-electron chi connectivity index (χ3n) is 1.96. The number of benzene rings is 1. The molecule has 1 amide bonds. The number of halogens is 1. The van der Waals surface area contributed by atoms with Crippen molar-refractivity contribution in [3.8, 4) is 5.75 Å². The van der Waals surface area contributed by atoms with Crippen molar-refractivity contribution in [2.75, 3.05) is 12.4 Å². The minimum atomic E-state index is -0.434. The quantitative estimate of drug-likeness (QED) is 0.889. The number of rotatable bonds is 3. The number of nitrogens with one attached hydrogen (secondary N) is 2. The fourth-order valence-corrected chi connectivity index (χ4v) is 1.73. The summed E-state index contributed by atoms with van der Waals surface area (Å²) in [7, 11) is 1.57. The molecule has 1 aromatic carbocycles. The molecule has 0 saturated heterocycles. The zero-order chi connectivity index (χ0) is 12.3. The summed E-state index contributed by atoms with van der Waals surface area (Å²) in [4.78, 5) is 11.6. The van der Waals surface area contributed by atoms with E-state index in [1.165, 1.54) is 0 Å². The molecule has 8 heteroatoms. The van der Waals surface area contributed by atoms with Gasteiger partial charge in [-0.15, -0.1) is 10.2 Å². The highest BCUT2D eigenvalue weighted by Crippen LogP contribution is 2.27. The molecule has 0 atom stereocenters. The Morgan fingerprint density at radius 1 is 1.53 bits per heavy atom. The molecule has 7 nitrogen and oxygen atoms in total. The lowest BCUT2D eigenvalue weighted by atomic mass is 10.3. The van der Waals surface area contributed by atoms with E-state index in [2.05, 4.69) is 41.9 Å². The molecule has 0 aliphatic carbocycles. The molecule has 0 spiro atoms. The minimum absolute atomic E-state index is 0.0167. The summed E-state index contributed by atoms with van der Waals surface area (Å²) in [5.41, 5.74) is 0.604. The highest BCUT2D eigenvalue weighted by atomic mass is 79.9. The standard InChI is InChI=1S/C9H8BrN5O2/c1-17-7-3-2-5(4-6(7)10)11-9(16)8-12-14-15-13-8/h2-4H,1H3,(H,11,16)(H,12,13,14,15). The maximum absolute atomic E-state index is 11.6. The van der Waals surface area contributed by atoms with Crippen LogP contribution in [0.5, 0.6) is 5.75 Å². The third kappa shape index (κ3) is 2.59. The molecular weight excluding hydrogens is 290 g/mol. The van der Waals surface area contributed by atoms with E-state index in [0.29, 0.717) is 11.4 Å². The number of ether oxygens (including phenoxy) is 1. The number of hydrogen-bond donors (Lipinski definition) is 2. The van der Waals surface area contributed by atoms with E-state index in [1.807, 2.05) is 0 Å². The number of methoxy groups -OCH3 is 1. The van der Waals surface area contributed by atoms with Gasteiger partial charge in [-0.25, -0.2) is 0 Å². The van der Waals surface area contributed by atoms with E-state index in [4.69, 9.17) is 4.74 Å². The molecular formula is C9H8BrN5O2. The van der Waals surface area contributed by atoms with Gasteiger partial charge in [0.05, 0.1) is 11.6 Å². The molecule has 2 aromatic rings. The molecule has 0 aliphatic heterocycles. The van der Waals surface area contributed by atoms with Crippen LogP contribution in [0, 0.1) is 0 Å². The van der Waals surface area contributed by atoms with Crippen molar-refractivity contribution in [1.29, 1.82) is 0 Å². The third-order valence-corrected chi connectivity index (χ3v) is 2.58. The molecule has 2 N–H and O–H groups in total. The first-order valence-corrected chi connectivity index (χ1v) is 5.38. The van der Waals surface area contributed by atoms with Gasteiger partial charge < -0.3 is 10.1 Å². The van der Waals surface area contributed by atoms with Crippen LogP contribution < -0.4 is 10.1 Å². The second-order valence-corrected chi connectivity index (χ2v) is 3.89. The van der Waals surface area contributed by atoms with Crippen molar-refractivity contribution >= 4 is 27.5 Å². The van der Waals surface area contributed by atoms with Gasteiger partial charge in [-0.3, -0.25) is 4.79 Å². The maximum atomic E-state index is 11.6. The number of anilines is 1. The summed E-state index contributed by atoms with van der Waals surface area (Å²) >= 11 is 3.32. The number of H-pyrrole nitrogens is 1. The lowest BCUT2D eigenvalue weighted by molar-refractivity contribution is 0.101. The van der Waals surface area contributed by atoms with E-state index in [-0.39, 0.29) is 5.82 Å². The van der Waals surface area contributed by atoms with E-state index in [1.54, 1.807) is 25.3 Å². The Kier molecular flexibility index (Phi) is 3.33. The average Bonchev–Trinajstić information content (AvgIpc) is 2.82. The van der Waals surface area contributed by atoms with Crippen LogP contribution in [0.1, 0.15) is 10.6 Å². The van der Waals surface area contributed by atoms with Gasteiger partial charge in [0.15, 0.2) is 0 Å². The lowest BCUT2D eigenvalue weighted by Crippen LogP contribution is -2.13. The Labute approximate surface area is 105 Å².